The van der Waals surface area contributed by atoms with Gasteiger partial charge in [0, 0.05) is 18.1 Å². The number of rotatable bonds is 5. The maximum absolute atomic E-state index is 10.9. The third-order valence-electron chi connectivity index (χ3n) is 2.81. The van der Waals surface area contributed by atoms with Gasteiger partial charge < -0.3 is 14.4 Å². The summed E-state index contributed by atoms with van der Waals surface area (Å²) in [6.07, 6.45) is 2.70. The standard InChI is InChI=1S/C12H17N2O4P/c1-14(2)7-6-9-8-13-12-10(9)4-3-5-11(12)18-19(15,16)17/h3-5,8,13H,6-7H2,1-2H3,(H2,15,16,17). The van der Waals surface area contributed by atoms with Crippen LogP contribution < -0.4 is 4.52 Å². The Bertz CT molecular complexity index is 617. The Morgan fingerprint density at radius 1 is 1.37 bits per heavy atom. The molecule has 6 nitrogen and oxygen atoms in total. The van der Waals surface area contributed by atoms with Crippen LogP contribution in [0.3, 0.4) is 0 Å². The number of phosphoric acid groups is 1. The first-order chi connectivity index (χ1) is 8.87. The van der Waals surface area contributed by atoms with Crippen molar-refractivity contribution in [2.45, 2.75) is 6.42 Å². The third kappa shape index (κ3) is 3.58. The van der Waals surface area contributed by atoms with E-state index in [0.29, 0.717) is 5.52 Å². The second kappa shape index (κ2) is 5.35. The minimum Gasteiger partial charge on any atom is -0.402 e. The van der Waals surface area contributed by atoms with Gasteiger partial charge >= 0.3 is 7.82 Å². The van der Waals surface area contributed by atoms with Gasteiger partial charge in [-0.05, 0) is 32.1 Å². The first-order valence-electron chi connectivity index (χ1n) is 5.85. The quantitative estimate of drug-likeness (QED) is 0.728. The highest BCUT2D eigenvalue weighted by Gasteiger charge is 2.18. The second-order valence-corrected chi connectivity index (χ2v) is 5.79. The molecule has 0 aliphatic rings. The van der Waals surface area contributed by atoms with Crippen molar-refractivity contribution in [2.24, 2.45) is 0 Å². The molecule has 0 amide bonds. The molecule has 0 bridgehead atoms. The number of aromatic nitrogens is 1. The van der Waals surface area contributed by atoms with Gasteiger partial charge in [0.15, 0.2) is 5.75 Å². The Hall–Kier alpha value is -1.33. The van der Waals surface area contributed by atoms with Gasteiger partial charge in [-0.3, -0.25) is 9.79 Å². The van der Waals surface area contributed by atoms with Crippen molar-refractivity contribution >= 4 is 18.7 Å². The summed E-state index contributed by atoms with van der Waals surface area (Å²) in [4.78, 5) is 22.9. The zero-order chi connectivity index (χ0) is 14.0. The number of fused-ring (bicyclic) bond motifs is 1. The van der Waals surface area contributed by atoms with Crippen LogP contribution in [-0.2, 0) is 11.0 Å². The number of nitrogens with zero attached hydrogens (tertiary/aromatic N) is 1. The van der Waals surface area contributed by atoms with Crippen molar-refractivity contribution in [1.29, 1.82) is 0 Å². The van der Waals surface area contributed by atoms with Crippen molar-refractivity contribution < 1.29 is 18.9 Å². The first kappa shape index (κ1) is 14.1. The van der Waals surface area contributed by atoms with E-state index < -0.39 is 7.82 Å². The fraction of sp³-hybridized carbons (Fsp3) is 0.333. The molecule has 7 heteroatoms. The van der Waals surface area contributed by atoms with Crippen LogP contribution in [0.15, 0.2) is 24.4 Å². The highest BCUT2D eigenvalue weighted by molar-refractivity contribution is 7.46. The average Bonchev–Trinajstić information content (AvgIpc) is 2.68. The molecule has 1 aromatic carbocycles. The van der Waals surface area contributed by atoms with Crippen LogP contribution in [0.4, 0.5) is 0 Å². The fourth-order valence-corrected chi connectivity index (χ4v) is 2.35. The van der Waals surface area contributed by atoms with E-state index in [-0.39, 0.29) is 5.75 Å². The minimum absolute atomic E-state index is 0.168. The molecule has 1 aromatic heterocycles. The Kier molecular flexibility index (Phi) is 3.96. The van der Waals surface area contributed by atoms with Gasteiger partial charge in [-0.15, -0.1) is 0 Å². The van der Waals surface area contributed by atoms with Gasteiger partial charge in [0.25, 0.3) is 0 Å². The lowest BCUT2D eigenvalue weighted by atomic mass is 10.1. The Morgan fingerprint density at radius 3 is 2.74 bits per heavy atom. The van der Waals surface area contributed by atoms with Gasteiger partial charge in [0.1, 0.15) is 0 Å². The zero-order valence-corrected chi connectivity index (χ0v) is 11.7. The fourth-order valence-electron chi connectivity index (χ4n) is 1.94. The van der Waals surface area contributed by atoms with E-state index in [0.717, 1.165) is 23.9 Å². The summed E-state index contributed by atoms with van der Waals surface area (Å²) in [6.45, 7) is 0.899. The van der Waals surface area contributed by atoms with Crippen LogP contribution in [0.25, 0.3) is 10.9 Å². The first-order valence-corrected chi connectivity index (χ1v) is 7.39. The number of para-hydroxylation sites is 1. The normalized spacial score (nSPS) is 12.3. The Labute approximate surface area is 111 Å². The van der Waals surface area contributed by atoms with Gasteiger partial charge in [0.2, 0.25) is 0 Å². The largest absolute Gasteiger partial charge is 0.524 e. The number of nitrogens with one attached hydrogen (secondary N) is 1. The van der Waals surface area contributed by atoms with Crippen molar-refractivity contribution in [3.63, 3.8) is 0 Å². The van der Waals surface area contributed by atoms with E-state index in [4.69, 9.17) is 9.79 Å². The molecule has 0 saturated carbocycles. The third-order valence-corrected chi connectivity index (χ3v) is 3.24. The molecule has 0 radical (unpaired) electrons. The molecule has 19 heavy (non-hydrogen) atoms. The number of phosphoric ester groups is 1. The molecule has 1 heterocycles. The zero-order valence-electron chi connectivity index (χ0n) is 10.8. The maximum Gasteiger partial charge on any atom is 0.524 e. The van der Waals surface area contributed by atoms with Gasteiger partial charge in [0.05, 0.1) is 5.52 Å². The lowest BCUT2D eigenvalue weighted by molar-refractivity contribution is 0.284. The molecule has 0 atom stereocenters. The van der Waals surface area contributed by atoms with Crippen LogP contribution in [-0.4, -0.2) is 40.3 Å². The molecular formula is C12H17N2O4P. The van der Waals surface area contributed by atoms with Gasteiger partial charge in [-0.2, -0.15) is 0 Å². The number of hydrogen-bond acceptors (Lipinski definition) is 3. The lowest BCUT2D eigenvalue weighted by Crippen LogP contribution is -2.14. The number of likely N-dealkylation sites (N-methyl/N-ethyl adjacent to an activating group) is 1. The molecular weight excluding hydrogens is 267 g/mol. The summed E-state index contributed by atoms with van der Waals surface area (Å²) in [6, 6.07) is 5.16. The predicted molar refractivity (Wildman–Crippen MR) is 73.2 cm³/mol. The molecule has 0 aliphatic heterocycles. The topological polar surface area (TPSA) is 85.8 Å². The average molecular weight is 284 g/mol. The Balaban J connectivity index is 2.34. The lowest BCUT2D eigenvalue weighted by Gasteiger charge is -2.09. The SMILES string of the molecule is CN(C)CCc1c[nH]c2c(OP(=O)(O)O)cccc12. The van der Waals surface area contributed by atoms with E-state index in [9.17, 15) is 4.57 Å². The van der Waals surface area contributed by atoms with Crippen molar-refractivity contribution in [1.82, 2.24) is 9.88 Å². The molecule has 2 aromatic rings. The number of benzene rings is 1. The molecule has 0 saturated heterocycles. The van der Waals surface area contributed by atoms with Crippen molar-refractivity contribution in [2.75, 3.05) is 20.6 Å². The van der Waals surface area contributed by atoms with E-state index in [1.807, 2.05) is 26.4 Å². The summed E-state index contributed by atoms with van der Waals surface area (Å²) >= 11 is 0. The predicted octanol–water partition coefficient (Wildman–Crippen LogP) is 1.74. The van der Waals surface area contributed by atoms with Gasteiger partial charge in [-0.1, -0.05) is 12.1 Å². The monoisotopic (exact) mass is 284 g/mol. The molecule has 0 fully saturated rings. The van der Waals surface area contributed by atoms with Crippen LogP contribution in [0.1, 0.15) is 5.56 Å². The number of aromatic amines is 1. The summed E-state index contributed by atoms with van der Waals surface area (Å²) in [7, 11) is -0.548. The summed E-state index contributed by atoms with van der Waals surface area (Å²) in [5.41, 5.74) is 1.71. The Morgan fingerprint density at radius 2 is 2.11 bits per heavy atom. The van der Waals surface area contributed by atoms with Crippen LogP contribution in [0.2, 0.25) is 0 Å². The van der Waals surface area contributed by atoms with Crippen molar-refractivity contribution in [3.05, 3.63) is 30.0 Å². The second-order valence-electron chi connectivity index (χ2n) is 4.63. The molecule has 0 spiro atoms. The van der Waals surface area contributed by atoms with Crippen LogP contribution >= 0.6 is 7.82 Å². The van der Waals surface area contributed by atoms with E-state index in [2.05, 4.69) is 14.4 Å². The summed E-state index contributed by atoms with van der Waals surface area (Å²) < 4.78 is 15.6. The maximum atomic E-state index is 10.9. The summed E-state index contributed by atoms with van der Waals surface area (Å²) in [5.74, 6) is 0.168. The highest BCUT2D eigenvalue weighted by atomic mass is 31.2. The van der Waals surface area contributed by atoms with E-state index in [1.54, 1.807) is 6.07 Å². The molecule has 104 valence electrons. The van der Waals surface area contributed by atoms with Gasteiger partial charge in [-0.25, -0.2) is 4.57 Å². The van der Waals surface area contributed by atoms with E-state index in [1.165, 1.54) is 6.07 Å². The molecule has 0 unspecified atom stereocenters. The van der Waals surface area contributed by atoms with Crippen LogP contribution in [0, 0.1) is 0 Å². The highest BCUT2D eigenvalue weighted by Crippen LogP contribution is 2.40. The molecule has 2 rings (SSSR count). The smallest absolute Gasteiger partial charge is 0.402 e. The molecule has 3 N–H and O–H groups in total. The summed E-state index contributed by atoms with van der Waals surface area (Å²) in [5, 5.41) is 0.924. The molecule has 0 aliphatic carbocycles. The number of hydrogen-bond donors (Lipinski definition) is 3. The van der Waals surface area contributed by atoms with Crippen molar-refractivity contribution in [3.8, 4) is 5.75 Å². The van der Waals surface area contributed by atoms with Crippen LogP contribution in [0.5, 0.6) is 5.75 Å². The minimum atomic E-state index is -4.54. The number of H-pyrrole nitrogens is 1. The van der Waals surface area contributed by atoms with E-state index >= 15 is 0 Å².